The minimum atomic E-state index is -0.482. The number of nitrogens with zero attached hydrogens (tertiary/aromatic N) is 1. The molecule has 0 aliphatic carbocycles. The minimum Gasteiger partial charge on any atom is -0.506 e. The van der Waals surface area contributed by atoms with Crippen molar-refractivity contribution in [2.45, 2.75) is 6.92 Å². The van der Waals surface area contributed by atoms with E-state index in [4.69, 9.17) is 0 Å². The molecule has 0 spiro atoms. The van der Waals surface area contributed by atoms with Gasteiger partial charge in [-0.3, -0.25) is 4.79 Å². The Morgan fingerprint density at radius 1 is 1.19 bits per heavy atom. The first kappa shape index (κ1) is 15.7. The first-order valence-corrected chi connectivity index (χ1v) is 7.65. The van der Waals surface area contributed by atoms with Gasteiger partial charge >= 0.3 is 0 Å². The highest BCUT2D eigenvalue weighted by molar-refractivity contribution is 9.11. The molecule has 21 heavy (non-hydrogen) atoms. The standard InChI is InChI=1S/C15H12Br2N2O2/c1-9(10-5-3-2-4-6-10)18-19-15(21)12-7-11(16)8-13(17)14(12)20/h2-8,20H,1H3,(H,19,21). The van der Waals surface area contributed by atoms with E-state index in [1.807, 2.05) is 30.3 Å². The Balaban J connectivity index is 2.19. The molecule has 0 heterocycles. The molecular weight excluding hydrogens is 400 g/mol. The fraction of sp³-hybridized carbons (Fsp3) is 0.0667. The Morgan fingerprint density at radius 2 is 1.86 bits per heavy atom. The summed E-state index contributed by atoms with van der Waals surface area (Å²) in [7, 11) is 0. The van der Waals surface area contributed by atoms with Crippen LogP contribution in [-0.2, 0) is 0 Å². The summed E-state index contributed by atoms with van der Waals surface area (Å²) >= 11 is 6.46. The van der Waals surface area contributed by atoms with Crippen LogP contribution in [0.1, 0.15) is 22.8 Å². The average molecular weight is 412 g/mol. The number of hydrazone groups is 1. The minimum absolute atomic E-state index is 0.122. The van der Waals surface area contributed by atoms with Gasteiger partial charge in [-0.25, -0.2) is 5.43 Å². The smallest absolute Gasteiger partial charge is 0.275 e. The van der Waals surface area contributed by atoms with E-state index in [1.54, 1.807) is 13.0 Å². The van der Waals surface area contributed by atoms with Crippen LogP contribution in [0.25, 0.3) is 0 Å². The summed E-state index contributed by atoms with van der Waals surface area (Å²) in [5.41, 5.74) is 4.17. The van der Waals surface area contributed by atoms with Crippen LogP contribution in [0.15, 0.2) is 56.5 Å². The van der Waals surface area contributed by atoms with E-state index in [0.717, 1.165) is 5.56 Å². The van der Waals surface area contributed by atoms with Gasteiger partial charge in [0.1, 0.15) is 5.75 Å². The van der Waals surface area contributed by atoms with E-state index in [0.29, 0.717) is 14.7 Å². The quantitative estimate of drug-likeness (QED) is 0.590. The van der Waals surface area contributed by atoms with Crippen LogP contribution in [0, 0.1) is 0 Å². The summed E-state index contributed by atoms with van der Waals surface area (Å²) in [5, 5.41) is 13.9. The molecule has 0 atom stereocenters. The van der Waals surface area contributed by atoms with Crippen molar-refractivity contribution in [3.05, 3.63) is 62.5 Å². The van der Waals surface area contributed by atoms with Crippen molar-refractivity contribution in [1.82, 2.24) is 5.43 Å². The predicted molar refractivity (Wildman–Crippen MR) is 89.6 cm³/mol. The normalized spacial score (nSPS) is 11.3. The first-order chi connectivity index (χ1) is 9.99. The Morgan fingerprint density at radius 3 is 2.52 bits per heavy atom. The van der Waals surface area contributed by atoms with E-state index < -0.39 is 5.91 Å². The molecule has 1 amide bonds. The molecule has 0 saturated carbocycles. The summed E-state index contributed by atoms with van der Waals surface area (Å²) in [4.78, 5) is 12.1. The lowest BCUT2D eigenvalue weighted by molar-refractivity contribution is 0.0952. The van der Waals surface area contributed by atoms with Crippen LogP contribution in [0.4, 0.5) is 0 Å². The first-order valence-electron chi connectivity index (χ1n) is 6.07. The molecule has 2 aromatic rings. The van der Waals surface area contributed by atoms with Gasteiger partial charge in [0.15, 0.2) is 0 Å². The lowest BCUT2D eigenvalue weighted by Gasteiger charge is -2.07. The molecule has 0 radical (unpaired) electrons. The van der Waals surface area contributed by atoms with Crippen LogP contribution in [-0.4, -0.2) is 16.7 Å². The van der Waals surface area contributed by atoms with Crippen molar-refractivity contribution < 1.29 is 9.90 Å². The zero-order valence-electron chi connectivity index (χ0n) is 11.1. The highest BCUT2D eigenvalue weighted by Crippen LogP contribution is 2.31. The zero-order valence-corrected chi connectivity index (χ0v) is 14.3. The SMILES string of the molecule is CC(=NNC(=O)c1cc(Br)cc(Br)c1O)c1ccccc1. The van der Waals surface area contributed by atoms with Gasteiger partial charge in [0.25, 0.3) is 5.91 Å². The van der Waals surface area contributed by atoms with Crippen LogP contribution in [0.3, 0.4) is 0 Å². The Bertz CT molecular complexity index is 700. The van der Waals surface area contributed by atoms with Crippen molar-refractivity contribution >= 4 is 43.5 Å². The topological polar surface area (TPSA) is 61.7 Å². The summed E-state index contributed by atoms with van der Waals surface area (Å²) in [6.07, 6.45) is 0. The number of aromatic hydroxyl groups is 1. The molecule has 4 nitrogen and oxygen atoms in total. The number of phenols is 1. The van der Waals surface area contributed by atoms with E-state index in [2.05, 4.69) is 42.4 Å². The number of nitrogens with one attached hydrogen (secondary N) is 1. The van der Waals surface area contributed by atoms with Gasteiger partial charge in [0.05, 0.1) is 15.7 Å². The second-order valence-electron chi connectivity index (χ2n) is 4.29. The van der Waals surface area contributed by atoms with Gasteiger partial charge in [0, 0.05) is 4.47 Å². The molecule has 2 aromatic carbocycles. The molecule has 2 rings (SSSR count). The van der Waals surface area contributed by atoms with Gasteiger partial charge in [-0.15, -0.1) is 0 Å². The number of carbonyl (C=O) groups is 1. The molecule has 0 bridgehead atoms. The van der Waals surface area contributed by atoms with Crippen molar-refractivity contribution in [1.29, 1.82) is 0 Å². The van der Waals surface area contributed by atoms with Gasteiger partial charge in [-0.05, 0) is 40.5 Å². The average Bonchev–Trinajstić information content (AvgIpc) is 2.49. The third-order valence-corrected chi connectivity index (χ3v) is 3.85. The summed E-state index contributed by atoms with van der Waals surface area (Å²) in [6.45, 7) is 1.80. The van der Waals surface area contributed by atoms with Gasteiger partial charge in [-0.2, -0.15) is 5.10 Å². The number of phenolic OH excluding ortho intramolecular Hbond substituents is 1. The maximum Gasteiger partial charge on any atom is 0.275 e. The lowest BCUT2D eigenvalue weighted by Crippen LogP contribution is -2.19. The molecule has 0 unspecified atom stereocenters. The maximum atomic E-state index is 12.1. The van der Waals surface area contributed by atoms with E-state index in [9.17, 15) is 9.90 Å². The predicted octanol–water partition coefficient (Wildman–Crippen LogP) is 4.07. The van der Waals surface area contributed by atoms with Gasteiger partial charge in [0.2, 0.25) is 0 Å². The van der Waals surface area contributed by atoms with Crippen LogP contribution >= 0.6 is 31.9 Å². The van der Waals surface area contributed by atoms with E-state index >= 15 is 0 Å². The Kier molecular flexibility index (Phi) is 5.14. The Hall–Kier alpha value is -1.66. The number of halogens is 2. The number of hydrogen-bond acceptors (Lipinski definition) is 3. The third-order valence-electron chi connectivity index (χ3n) is 2.79. The van der Waals surface area contributed by atoms with Crippen molar-refractivity contribution in [2.24, 2.45) is 5.10 Å². The van der Waals surface area contributed by atoms with Crippen molar-refractivity contribution in [2.75, 3.05) is 0 Å². The van der Waals surface area contributed by atoms with E-state index in [-0.39, 0.29) is 11.3 Å². The summed E-state index contributed by atoms with van der Waals surface area (Å²) in [6, 6.07) is 12.7. The summed E-state index contributed by atoms with van der Waals surface area (Å²) < 4.78 is 1.12. The fourth-order valence-electron chi connectivity index (χ4n) is 1.68. The number of amides is 1. The largest absolute Gasteiger partial charge is 0.506 e. The van der Waals surface area contributed by atoms with Crippen molar-refractivity contribution in [3.63, 3.8) is 0 Å². The molecule has 108 valence electrons. The van der Waals surface area contributed by atoms with E-state index in [1.165, 1.54) is 6.07 Å². The highest BCUT2D eigenvalue weighted by Gasteiger charge is 2.14. The molecule has 0 aromatic heterocycles. The monoisotopic (exact) mass is 410 g/mol. The number of carbonyl (C=O) groups excluding carboxylic acids is 1. The van der Waals surface area contributed by atoms with Crippen LogP contribution < -0.4 is 5.43 Å². The molecular formula is C15H12Br2N2O2. The highest BCUT2D eigenvalue weighted by atomic mass is 79.9. The third kappa shape index (κ3) is 3.92. The van der Waals surface area contributed by atoms with Crippen LogP contribution in [0.2, 0.25) is 0 Å². The number of rotatable bonds is 3. The fourth-order valence-corrected chi connectivity index (χ4v) is 2.90. The molecule has 0 aliphatic heterocycles. The number of hydrogen-bond donors (Lipinski definition) is 2. The summed E-state index contributed by atoms with van der Waals surface area (Å²) in [5.74, 6) is -0.604. The zero-order chi connectivity index (χ0) is 15.4. The van der Waals surface area contributed by atoms with Gasteiger partial charge in [-0.1, -0.05) is 46.3 Å². The molecule has 0 saturated heterocycles. The van der Waals surface area contributed by atoms with Crippen molar-refractivity contribution in [3.8, 4) is 5.75 Å². The molecule has 0 aliphatic rings. The number of benzene rings is 2. The molecule has 6 heteroatoms. The lowest BCUT2D eigenvalue weighted by atomic mass is 10.1. The second kappa shape index (κ2) is 6.87. The van der Waals surface area contributed by atoms with Crippen LogP contribution in [0.5, 0.6) is 5.75 Å². The molecule has 0 fully saturated rings. The Labute approximate surface area is 139 Å². The van der Waals surface area contributed by atoms with Gasteiger partial charge < -0.3 is 5.11 Å². The second-order valence-corrected chi connectivity index (χ2v) is 6.06. The maximum absolute atomic E-state index is 12.1. The molecule has 2 N–H and O–H groups in total.